The highest BCUT2D eigenvalue weighted by molar-refractivity contribution is 5.41. The summed E-state index contributed by atoms with van der Waals surface area (Å²) in [6.07, 6.45) is 4.31. The number of hydrogen-bond donors (Lipinski definition) is 2. The van der Waals surface area contributed by atoms with Crippen molar-refractivity contribution in [3.63, 3.8) is 0 Å². The van der Waals surface area contributed by atoms with Gasteiger partial charge in [0.25, 0.3) is 0 Å². The Balaban J connectivity index is 2.02. The number of nitrogens with one attached hydrogen (secondary N) is 2. The molecule has 1 aliphatic carbocycles. The lowest BCUT2D eigenvalue weighted by molar-refractivity contribution is -0.0602. The normalized spacial score (nSPS) is 17.4. The zero-order valence-corrected chi connectivity index (χ0v) is 10.1. The average Bonchev–Trinajstić information content (AvgIpc) is 2.30. The van der Waals surface area contributed by atoms with E-state index in [0.717, 1.165) is 25.5 Å². The van der Waals surface area contributed by atoms with Crippen LogP contribution in [0.5, 0.6) is 0 Å². The zero-order chi connectivity index (χ0) is 12.3. The van der Waals surface area contributed by atoms with Crippen molar-refractivity contribution in [3.8, 4) is 0 Å². The molecule has 6 heteroatoms. The molecule has 1 aliphatic rings. The fraction of sp³-hybridized carbons (Fsp3) is 0.636. The molecule has 0 unspecified atom stereocenters. The van der Waals surface area contributed by atoms with Gasteiger partial charge in [-0.05, 0) is 19.3 Å². The summed E-state index contributed by atoms with van der Waals surface area (Å²) >= 11 is 0. The summed E-state index contributed by atoms with van der Waals surface area (Å²) in [7, 11) is 3.38. The molecule has 1 aromatic heterocycles. The Morgan fingerprint density at radius 3 is 2.82 bits per heavy atom. The van der Waals surface area contributed by atoms with Gasteiger partial charge in [0, 0.05) is 20.7 Å². The molecule has 0 atom stereocenters. The predicted molar refractivity (Wildman–Crippen MR) is 63.6 cm³/mol. The summed E-state index contributed by atoms with van der Waals surface area (Å²) in [5.41, 5.74) is -0.156. The monoisotopic (exact) mass is 240 g/mol. The van der Waals surface area contributed by atoms with Gasteiger partial charge in [0.1, 0.15) is 0 Å². The van der Waals surface area contributed by atoms with Crippen LogP contribution in [0.4, 0.5) is 16.2 Å². The first-order valence-corrected chi connectivity index (χ1v) is 5.68. The van der Waals surface area contributed by atoms with Gasteiger partial charge in [0.15, 0.2) is 11.6 Å². The Morgan fingerprint density at radius 1 is 1.53 bits per heavy atom. The number of ether oxygens (including phenoxy) is 1. The lowest BCUT2D eigenvalue weighted by Crippen LogP contribution is -2.45. The van der Waals surface area contributed by atoms with Crippen molar-refractivity contribution >= 4 is 11.8 Å². The van der Waals surface area contributed by atoms with Crippen molar-refractivity contribution in [2.24, 2.45) is 0 Å². The van der Waals surface area contributed by atoms with Gasteiger partial charge in [0.2, 0.25) is 5.95 Å². The van der Waals surface area contributed by atoms with Crippen LogP contribution >= 0.6 is 0 Å². The fourth-order valence-corrected chi connectivity index (χ4v) is 1.88. The Morgan fingerprint density at radius 2 is 2.29 bits per heavy atom. The van der Waals surface area contributed by atoms with Gasteiger partial charge < -0.3 is 15.4 Å². The lowest BCUT2D eigenvalue weighted by Gasteiger charge is -2.40. The average molecular weight is 240 g/mol. The highest BCUT2D eigenvalue weighted by atomic mass is 19.1. The van der Waals surface area contributed by atoms with E-state index in [4.69, 9.17) is 4.74 Å². The van der Waals surface area contributed by atoms with E-state index < -0.39 is 5.82 Å². The molecule has 0 saturated heterocycles. The van der Waals surface area contributed by atoms with Gasteiger partial charge >= 0.3 is 0 Å². The number of rotatable bonds is 5. The molecular formula is C11H17FN4O. The van der Waals surface area contributed by atoms with Crippen LogP contribution in [0.1, 0.15) is 19.3 Å². The van der Waals surface area contributed by atoms with E-state index in [1.54, 1.807) is 14.2 Å². The van der Waals surface area contributed by atoms with Crippen LogP contribution in [0, 0.1) is 5.82 Å². The number of methoxy groups -OCH3 is 1. The molecular weight excluding hydrogens is 223 g/mol. The molecule has 1 heterocycles. The first-order valence-electron chi connectivity index (χ1n) is 5.68. The van der Waals surface area contributed by atoms with Crippen molar-refractivity contribution in [2.45, 2.75) is 24.9 Å². The molecule has 1 saturated carbocycles. The largest absolute Gasteiger partial charge is 0.376 e. The number of aromatic nitrogens is 2. The lowest BCUT2D eigenvalue weighted by atomic mass is 9.80. The third kappa shape index (κ3) is 2.46. The number of nitrogens with zero attached hydrogens (tertiary/aromatic N) is 2. The summed E-state index contributed by atoms with van der Waals surface area (Å²) in [4.78, 5) is 7.81. The maximum Gasteiger partial charge on any atom is 0.224 e. The third-order valence-electron chi connectivity index (χ3n) is 3.24. The van der Waals surface area contributed by atoms with Crippen molar-refractivity contribution < 1.29 is 9.13 Å². The quantitative estimate of drug-likeness (QED) is 0.819. The second-order valence-corrected chi connectivity index (χ2v) is 4.23. The van der Waals surface area contributed by atoms with Gasteiger partial charge in [-0.25, -0.2) is 9.37 Å². The molecule has 0 aliphatic heterocycles. The molecule has 0 spiro atoms. The van der Waals surface area contributed by atoms with Crippen LogP contribution in [-0.4, -0.2) is 36.3 Å². The smallest absolute Gasteiger partial charge is 0.224 e. The maximum absolute atomic E-state index is 13.5. The molecule has 0 amide bonds. The highest BCUT2D eigenvalue weighted by Crippen LogP contribution is 2.35. The van der Waals surface area contributed by atoms with E-state index in [9.17, 15) is 4.39 Å². The maximum atomic E-state index is 13.5. The van der Waals surface area contributed by atoms with E-state index in [0.29, 0.717) is 12.5 Å². The van der Waals surface area contributed by atoms with Crippen LogP contribution < -0.4 is 10.6 Å². The summed E-state index contributed by atoms with van der Waals surface area (Å²) in [6, 6.07) is 0. The number of hydrogen-bond acceptors (Lipinski definition) is 5. The van der Waals surface area contributed by atoms with Crippen LogP contribution in [0.15, 0.2) is 6.20 Å². The van der Waals surface area contributed by atoms with E-state index in [1.165, 1.54) is 0 Å². The molecule has 0 radical (unpaired) electrons. The molecule has 2 rings (SSSR count). The second-order valence-electron chi connectivity index (χ2n) is 4.23. The summed E-state index contributed by atoms with van der Waals surface area (Å²) in [5, 5.41) is 5.76. The summed E-state index contributed by atoms with van der Waals surface area (Å²) in [5.74, 6) is 0.163. The molecule has 1 fully saturated rings. The second kappa shape index (κ2) is 4.83. The molecule has 0 bridgehead atoms. The number of halogens is 1. The van der Waals surface area contributed by atoms with Crippen LogP contribution in [0.3, 0.4) is 0 Å². The van der Waals surface area contributed by atoms with E-state index in [-0.39, 0.29) is 11.4 Å². The van der Waals surface area contributed by atoms with E-state index >= 15 is 0 Å². The molecule has 94 valence electrons. The third-order valence-corrected chi connectivity index (χ3v) is 3.24. The van der Waals surface area contributed by atoms with Gasteiger partial charge in [0.05, 0.1) is 11.8 Å². The Bertz CT molecular complexity index is 390. The first-order chi connectivity index (χ1) is 8.19. The Labute approximate surface area is 99.8 Å². The minimum Gasteiger partial charge on any atom is -0.376 e. The minimum absolute atomic E-state index is 0.156. The summed E-state index contributed by atoms with van der Waals surface area (Å²) < 4.78 is 18.9. The van der Waals surface area contributed by atoms with Crippen molar-refractivity contribution in [3.05, 3.63) is 12.0 Å². The zero-order valence-electron chi connectivity index (χ0n) is 10.1. The molecule has 1 aromatic rings. The van der Waals surface area contributed by atoms with Crippen LogP contribution in [-0.2, 0) is 4.74 Å². The first kappa shape index (κ1) is 12.0. The summed E-state index contributed by atoms with van der Waals surface area (Å²) in [6.45, 7) is 0.570. The highest BCUT2D eigenvalue weighted by Gasteiger charge is 2.36. The predicted octanol–water partition coefficient (Wildman–Crippen LogP) is 1.64. The molecule has 17 heavy (non-hydrogen) atoms. The van der Waals surface area contributed by atoms with Gasteiger partial charge in [-0.2, -0.15) is 4.98 Å². The molecule has 2 N–H and O–H groups in total. The molecule has 0 aromatic carbocycles. The van der Waals surface area contributed by atoms with Gasteiger partial charge in [-0.15, -0.1) is 0 Å². The van der Waals surface area contributed by atoms with Crippen LogP contribution in [0.25, 0.3) is 0 Å². The topological polar surface area (TPSA) is 59.1 Å². The van der Waals surface area contributed by atoms with Gasteiger partial charge in [-0.1, -0.05) is 0 Å². The Kier molecular flexibility index (Phi) is 3.42. The van der Waals surface area contributed by atoms with Crippen molar-refractivity contribution in [1.29, 1.82) is 0 Å². The SMILES string of the molecule is CNc1ncc(F)c(NCC2(OC)CCC2)n1. The number of anilines is 2. The Hall–Kier alpha value is -1.43. The van der Waals surface area contributed by atoms with E-state index in [2.05, 4.69) is 20.6 Å². The minimum atomic E-state index is -0.449. The fourth-order valence-electron chi connectivity index (χ4n) is 1.88. The van der Waals surface area contributed by atoms with E-state index in [1.807, 2.05) is 0 Å². The van der Waals surface area contributed by atoms with Crippen LogP contribution in [0.2, 0.25) is 0 Å². The van der Waals surface area contributed by atoms with Crippen molar-refractivity contribution in [1.82, 2.24) is 9.97 Å². The standard InChI is InChI=1S/C11H17FN4O/c1-13-10-14-6-8(12)9(16-10)15-7-11(17-2)4-3-5-11/h6H,3-5,7H2,1-2H3,(H2,13,14,15,16). The van der Waals surface area contributed by atoms with Crippen molar-refractivity contribution in [2.75, 3.05) is 31.3 Å². The molecule has 5 nitrogen and oxygen atoms in total. The van der Waals surface area contributed by atoms with Gasteiger partial charge in [-0.3, -0.25) is 0 Å².